The van der Waals surface area contributed by atoms with Crippen molar-refractivity contribution >= 4 is 24.1 Å². The van der Waals surface area contributed by atoms with Crippen LogP contribution in [-0.4, -0.2) is 30.1 Å². The van der Waals surface area contributed by atoms with Gasteiger partial charge in [-0.2, -0.15) is 0 Å². The van der Waals surface area contributed by atoms with E-state index in [2.05, 4.69) is 11.0 Å². The van der Waals surface area contributed by atoms with Crippen LogP contribution in [0, 0.1) is 0 Å². The first-order valence-electron chi connectivity index (χ1n) is 8.04. The molecule has 2 aromatic carbocycles. The van der Waals surface area contributed by atoms with Crippen LogP contribution in [0.2, 0.25) is 0 Å². The Hall–Kier alpha value is -2.04. The lowest BCUT2D eigenvalue weighted by Gasteiger charge is -2.31. The van der Waals surface area contributed by atoms with Gasteiger partial charge in [0.15, 0.2) is 0 Å². The van der Waals surface area contributed by atoms with Crippen molar-refractivity contribution in [2.24, 2.45) is 0 Å². The first kappa shape index (κ1) is 18.3. The molecule has 24 heavy (non-hydrogen) atoms. The summed E-state index contributed by atoms with van der Waals surface area (Å²) in [6, 6.07) is 17.1. The average Bonchev–Trinajstić information content (AvgIpc) is 2.59. The molecule has 1 heterocycles. The number of para-hydroxylation sites is 1. The quantitative estimate of drug-likeness (QED) is 0.680. The zero-order valence-corrected chi connectivity index (χ0v) is 14.4. The van der Waals surface area contributed by atoms with E-state index in [1.807, 2.05) is 36.4 Å². The first-order chi connectivity index (χ1) is 11.2. The molecule has 0 spiro atoms. The number of benzene rings is 2. The molecule has 0 atom stereocenters. The molecule has 5 heteroatoms. The zero-order valence-electron chi connectivity index (χ0n) is 13.6. The van der Waals surface area contributed by atoms with Gasteiger partial charge in [0.25, 0.3) is 0 Å². The highest BCUT2D eigenvalue weighted by atomic mass is 35.5. The van der Waals surface area contributed by atoms with Gasteiger partial charge in [-0.3, -0.25) is 4.90 Å². The SMILES string of the molecule is Cl.Nc1ccccc1CN1CCC(OC(=O)c2ccccc2)CC1. The minimum Gasteiger partial charge on any atom is -0.459 e. The molecule has 3 rings (SSSR count). The van der Waals surface area contributed by atoms with Gasteiger partial charge in [0.1, 0.15) is 6.10 Å². The van der Waals surface area contributed by atoms with Crippen molar-refractivity contribution in [1.29, 1.82) is 0 Å². The molecule has 0 aromatic heterocycles. The largest absolute Gasteiger partial charge is 0.459 e. The van der Waals surface area contributed by atoms with Crippen LogP contribution < -0.4 is 5.73 Å². The molecule has 1 saturated heterocycles. The monoisotopic (exact) mass is 346 g/mol. The zero-order chi connectivity index (χ0) is 16.1. The number of likely N-dealkylation sites (tertiary alicyclic amines) is 1. The second kappa shape index (κ2) is 8.71. The minimum absolute atomic E-state index is 0. The van der Waals surface area contributed by atoms with Crippen LogP contribution in [0.5, 0.6) is 0 Å². The third-order valence-electron chi connectivity index (χ3n) is 4.27. The molecule has 0 saturated carbocycles. The molecule has 1 aliphatic heterocycles. The van der Waals surface area contributed by atoms with Gasteiger partial charge >= 0.3 is 5.97 Å². The summed E-state index contributed by atoms with van der Waals surface area (Å²) in [6.07, 6.45) is 1.74. The lowest BCUT2D eigenvalue weighted by Crippen LogP contribution is -2.37. The normalized spacial score (nSPS) is 15.5. The van der Waals surface area contributed by atoms with Crippen LogP contribution in [-0.2, 0) is 11.3 Å². The Kier molecular flexibility index (Phi) is 6.64. The van der Waals surface area contributed by atoms with Crippen LogP contribution in [0.15, 0.2) is 54.6 Å². The third kappa shape index (κ3) is 4.73. The molecule has 4 nitrogen and oxygen atoms in total. The predicted molar refractivity (Wildman–Crippen MR) is 98.3 cm³/mol. The molecule has 2 aromatic rings. The van der Waals surface area contributed by atoms with Crippen molar-refractivity contribution < 1.29 is 9.53 Å². The van der Waals surface area contributed by atoms with Gasteiger partial charge in [-0.25, -0.2) is 4.79 Å². The Balaban J connectivity index is 0.00000208. The number of carbonyl (C=O) groups is 1. The molecule has 0 aliphatic carbocycles. The number of hydrogen-bond donors (Lipinski definition) is 1. The molecule has 0 amide bonds. The Morgan fingerprint density at radius 3 is 2.33 bits per heavy atom. The summed E-state index contributed by atoms with van der Waals surface area (Å²) in [4.78, 5) is 14.4. The van der Waals surface area contributed by atoms with Gasteiger partial charge < -0.3 is 10.5 Å². The van der Waals surface area contributed by atoms with Gasteiger partial charge in [0, 0.05) is 25.3 Å². The fourth-order valence-corrected chi connectivity index (χ4v) is 2.90. The second-order valence-electron chi connectivity index (χ2n) is 5.95. The van der Waals surface area contributed by atoms with Gasteiger partial charge in [0.2, 0.25) is 0 Å². The van der Waals surface area contributed by atoms with E-state index in [4.69, 9.17) is 10.5 Å². The number of nitrogen functional groups attached to an aromatic ring is 1. The number of halogens is 1. The van der Waals surface area contributed by atoms with E-state index in [0.29, 0.717) is 5.56 Å². The maximum absolute atomic E-state index is 12.1. The summed E-state index contributed by atoms with van der Waals surface area (Å²) < 4.78 is 5.61. The maximum Gasteiger partial charge on any atom is 0.338 e. The highest BCUT2D eigenvalue weighted by molar-refractivity contribution is 5.89. The molecule has 1 aliphatic rings. The van der Waals surface area contributed by atoms with Gasteiger partial charge in [-0.1, -0.05) is 36.4 Å². The Morgan fingerprint density at radius 1 is 1.04 bits per heavy atom. The Bertz CT molecular complexity index is 655. The lowest BCUT2D eigenvalue weighted by molar-refractivity contribution is 0.0104. The summed E-state index contributed by atoms with van der Waals surface area (Å²) >= 11 is 0. The number of hydrogen-bond acceptors (Lipinski definition) is 4. The molecule has 1 fully saturated rings. The highest BCUT2D eigenvalue weighted by Crippen LogP contribution is 2.20. The topological polar surface area (TPSA) is 55.6 Å². The van der Waals surface area contributed by atoms with Gasteiger partial charge in [-0.05, 0) is 36.6 Å². The molecule has 0 bridgehead atoms. The van der Waals surface area contributed by atoms with E-state index >= 15 is 0 Å². The summed E-state index contributed by atoms with van der Waals surface area (Å²) in [5, 5.41) is 0. The molecular formula is C19H23ClN2O2. The fraction of sp³-hybridized carbons (Fsp3) is 0.316. The molecule has 2 N–H and O–H groups in total. The lowest BCUT2D eigenvalue weighted by atomic mass is 10.1. The van der Waals surface area contributed by atoms with Crippen molar-refractivity contribution in [2.75, 3.05) is 18.8 Å². The number of rotatable bonds is 4. The average molecular weight is 347 g/mol. The van der Waals surface area contributed by atoms with Crippen LogP contribution in [0.4, 0.5) is 5.69 Å². The van der Waals surface area contributed by atoms with Crippen molar-refractivity contribution in [3.63, 3.8) is 0 Å². The van der Waals surface area contributed by atoms with Crippen LogP contribution in [0.1, 0.15) is 28.8 Å². The number of nitrogens with zero attached hydrogens (tertiary/aromatic N) is 1. The smallest absolute Gasteiger partial charge is 0.338 e. The summed E-state index contributed by atoms with van der Waals surface area (Å²) in [6.45, 7) is 2.69. The summed E-state index contributed by atoms with van der Waals surface area (Å²) in [5.41, 5.74) is 8.61. The first-order valence-corrected chi connectivity index (χ1v) is 8.04. The van der Waals surface area contributed by atoms with E-state index in [0.717, 1.165) is 43.7 Å². The van der Waals surface area contributed by atoms with Crippen LogP contribution >= 0.6 is 12.4 Å². The Labute approximate surface area is 149 Å². The third-order valence-corrected chi connectivity index (χ3v) is 4.27. The standard InChI is InChI=1S/C19H22N2O2.ClH/c20-18-9-5-4-8-16(18)14-21-12-10-17(11-13-21)23-19(22)15-6-2-1-3-7-15;/h1-9,17H,10-14,20H2;1H. The number of ether oxygens (including phenoxy) is 1. The van der Waals surface area contributed by atoms with Gasteiger partial charge in [0.05, 0.1) is 5.56 Å². The van der Waals surface area contributed by atoms with Crippen molar-refractivity contribution in [3.8, 4) is 0 Å². The van der Waals surface area contributed by atoms with Gasteiger partial charge in [-0.15, -0.1) is 12.4 Å². The number of piperidine rings is 1. The summed E-state index contributed by atoms with van der Waals surface area (Å²) in [7, 11) is 0. The molecule has 128 valence electrons. The number of nitrogens with two attached hydrogens (primary N) is 1. The van der Waals surface area contributed by atoms with E-state index in [1.54, 1.807) is 12.1 Å². The van der Waals surface area contributed by atoms with E-state index < -0.39 is 0 Å². The number of anilines is 1. The molecule has 0 unspecified atom stereocenters. The van der Waals surface area contributed by atoms with E-state index in [-0.39, 0.29) is 24.5 Å². The van der Waals surface area contributed by atoms with Crippen LogP contribution in [0.3, 0.4) is 0 Å². The van der Waals surface area contributed by atoms with E-state index in [1.165, 1.54) is 0 Å². The summed E-state index contributed by atoms with van der Waals surface area (Å²) in [5.74, 6) is -0.226. The maximum atomic E-state index is 12.1. The van der Waals surface area contributed by atoms with Crippen molar-refractivity contribution in [2.45, 2.75) is 25.5 Å². The highest BCUT2D eigenvalue weighted by Gasteiger charge is 2.23. The molecule has 0 radical (unpaired) electrons. The van der Waals surface area contributed by atoms with Crippen LogP contribution in [0.25, 0.3) is 0 Å². The Morgan fingerprint density at radius 2 is 1.67 bits per heavy atom. The number of esters is 1. The molecular weight excluding hydrogens is 324 g/mol. The van der Waals surface area contributed by atoms with E-state index in [9.17, 15) is 4.79 Å². The van der Waals surface area contributed by atoms with Crippen molar-refractivity contribution in [1.82, 2.24) is 4.90 Å². The minimum atomic E-state index is -0.226. The fourth-order valence-electron chi connectivity index (χ4n) is 2.90. The second-order valence-corrected chi connectivity index (χ2v) is 5.95. The number of carbonyl (C=O) groups excluding carboxylic acids is 1. The predicted octanol–water partition coefficient (Wildman–Crippen LogP) is 3.51. The van der Waals surface area contributed by atoms with Crippen molar-refractivity contribution in [3.05, 3.63) is 65.7 Å².